The molecule has 25 heavy (non-hydrogen) atoms. The quantitative estimate of drug-likeness (QED) is 0.780. The lowest BCUT2D eigenvalue weighted by Gasteiger charge is -2.37. The molecule has 3 aromatic rings. The predicted octanol–water partition coefficient (Wildman–Crippen LogP) is 2.45. The van der Waals surface area contributed by atoms with Crippen LogP contribution >= 0.6 is 11.3 Å². The maximum absolute atomic E-state index is 10.8. The first-order valence-corrected chi connectivity index (χ1v) is 9.39. The lowest BCUT2D eigenvalue weighted by molar-refractivity contribution is 0.127. The molecule has 1 fully saturated rings. The van der Waals surface area contributed by atoms with Gasteiger partial charge in [-0.05, 0) is 26.5 Å². The Labute approximate surface area is 151 Å². The van der Waals surface area contributed by atoms with Crippen LogP contribution in [-0.2, 0) is 0 Å². The minimum absolute atomic E-state index is 0.0307. The number of benzene rings is 1. The summed E-state index contributed by atoms with van der Waals surface area (Å²) in [6, 6.07) is 8.63. The molecule has 1 aliphatic rings. The van der Waals surface area contributed by atoms with E-state index >= 15 is 0 Å². The number of aromatic hydroxyl groups is 1. The summed E-state index contributed by atoms with van der Waals surface area (Å²) in [5.74, 6) is 0.893. The Hall–Kier alpha value is -1.96. The molecule has 3 heterocycles. The smallest absolute Gasteiger partial charge is 0.230 e. The van der Waals surface area contributed by atoms with E-state index in [1.54, 1.807) is 4.52 Å². The first-order valence-electron chi connectivity index (χ1n) is 8.57. The summed E-state index contributed by atoms with van der Waals surface area (Å²) in [7, 11) is 2.15. The van der Waals surface area contributed by atoms with Crippen LogP contribution in [0.4, 0.5) is 0 Å². The molecule has 7 heteroatoms. The highest BCUT2D eigenvalue weighted by atomic mass is 32.1. The molecule has 0 radical (unpaired) electrons. The zero-order valence-corrected chi connectivity index (χ0v) is 15.6. The molecule has 1 aliphatic heterocycles. The molecular formula is C18H23N5OS. The van der Waals surface area contributed by atoms with Gasteiger partial charge in [0.1, 0.15) is 5.82 Å². The number of hydrogen-bond acceptors (Lipinski definition) is 6. The van der Waals surface area contributed by atoms with Gasteiger partial charge in [0.15, 0.2) is 0 Å². The molecule has 4 rings (SSSR count). The standard InChI is InChI=1S/C18H23N5OS/c1-12-4-6-14(7-5-12)15(22-10-8-21(3)9-11-22)16-17(24)23-18(25-16)19-13(2)20-23/h4-7,15,24H,8-11H2,1-3H3/t15-/m0/s1. The van der Waals surface area contributed by atoms with E-state index in [9.17, 15) is 5.11 Å². The monoisotopic (exact) mass is 357 g/mol. The van der Waals surface area contributed by atoms with Crippen LogP contribution in [-0.4, -0.2) is 62.7 Å². The zero-order chi connectivity index (χ0) is 17.6. The summed E-state index contributed by atoms with van der Waals surface area (Å²) in [5, 5.41) is 15.1. The van der Waals surface area contributed by atoms with Crippen molar-refractivity contribution in [2.75, 3.05) is 33.2 Å². The third kappa shape index (κ3) is 3.03. The topological polar surface area (TPSA) is 56.9 Å². The number of fused-ring (bicyclic) bond motifs is 1. The van der Waals surface area contributed by atoms with Gasteiger partial charge < -0.3 is 10.0 Å². The molecule has 0 spiro atoms. The number of hydrogen-bond donors (Lipinski definition) is 1. The summed E-state index contributed by atoms with van der Waals surface area (Å²) in [4.78, 5) is 10.9. The number of piperazine rings is 1. The highest BCUT2D eigenvalue weighted by Crippen LogP contribution is 2.40. The van der Waals surface area contributed by atoms with Crippen LogP contribution < -0.4 is 0 Å². The largest absolute Gasteiger partial charge is 0.492 e. The first-order chi connectivity index (χ1) is 12.0. The third-order valence-corrected chi connectivity index (χ3v) is 5.92. The van der Waals surface area contributed by atoms with E-state index in [1.807, 2.05) is 6.92 Å². The number of thiazole rings is 1. The Bertz CT molecular complexity index is 877. The van der Waals surface area contributed by atoms with Crippen molar-refractivity contribution in [3.05, 3.63) is 46.1 Å². The molecule has 1 atom stereocenters. The van der Waals surface area contributed by atoms with E-state index in [0.717, 1.165) is 36.0 Å². The van der Waals surface area contributed by atoms with Crippen LogP contribution in [0.5, 0.6) is 5.88 Å². The van der Waals surface area contributed by atoms with E-state index in [1.165, 1.54) is 22.5 Å². The molecule has 0 unspecified atom stereocenters. The minimum atomic E-state index is 0.0307. The van der Waals surface area contributed by atoms with Crippen molar-refractivity contribution < 1.29 is 5.11 Å². The van der Waals surface area contributed by atoms with Crippen molar-refractivity contribution in [1.82, 2.24) is 24.4 Å². The van der Waals surface area contributed by atoms with E-state index in [4.69, 9.17) is 0 Å². The van der Waals surface area contributed by atoms with Crippen molar-refractivity contribution in [1.29, 1.82) is 0 Å². The molecule has 1 aromatic carbocycles. The number of aryl methyl sites for hydroxylation is 2. The SMILES string of the molecule is Cc1ccc([C@@H](c2sc3nc(C)nn3c2O)N2CCN(C)CC2)cc1. The average molecular weight is 357 g/mol. The van der Waals surface area contributed by atoms with Crippen LogP contribution in [0.15, 0.2) is 24.3 Å². The van der Waals surface area contributed by atoms with Gasteiger partial charge in [-0.2, -0.15) is 4.52 Å². The second-order valence-electron chi connectivity index (χ2n) is 6.80. The van der Waals surface area contributed by atoms with Gasteiger partial charge in [0.05, 0.1) is 10.9 Å². The second-order valence-corrected chi connectivity index (χ2v) is 7.80. The lowest BCUT2D eigenvalue weighted by Crippen LogP contribution is -2.46. The molecule has 2 aromatic heterocycles. The fourth-order valence-corrected chi connectivity index (χ4v) is 4.55. The molecule has 0 amide bonds. The molecule has 6 nitrogen and oxygen atoms in total. The summed E-state index contributed by atoms with van der Waals surface area (Å²) in [6.07, 6.45) is 0. The van der Waals surface area contributed by atoms with E-state index in [2.05, 4.69) is 58.1 Å². The lowest BCUT2D eigenvalue weighted by atomic mass is 10.0. The van der Waals surface area contributed by atoms with Crippen molar-refractivity contribution in [3.8, 4) is 5.88 Å². The summed E-state index contributed by atoms with van der Waals surface area (Å²) in [5.41, 5.74) is 2.44. The van der Waals surface area contributed by atoms with Crippen molar-refractivity contribution >= 4 is 16.3 Å². The van der Waals surface area contributed by atoms with Crippen LogP contribution in [0.1, 0.15) is 27.9 Å². The van der Waals surface area contributed by atoms with Gasteiger partial charge in [0, 0.05) is 26.2 Å². The van der Waals surface area contributed by atoms with Crippen LogP contribution in [0.25, 0.3) is 4.96 Å². The first kappa shape index (κ1) is 16.5. The summed E-state index contributed by atoms with van der Waals surface area (Å²) < 4.78 is 1.56. The molecule has 132 valence electrons. The Balaban J connectivity index is 1.79. The number of nitrogens with zero attached hydrogens (tertiary/aromatic N) is 5. The molecule has 0 aliphatic carbocycles. The number of aromatic nitrogens is 3. The van der Waals surface area contributed by atoms with E-state index in [-0.39, 0.29) is 11.9 Å². The molecular weight excluding hydrogens is 334 g/mol. The van der Waals surface area contributed by atoms with Crippen LogP contribution in [0.3, 0.4) is 0 Å². The van der Waals surface area contributed by atoms with Gasteiger partial charge in [-0.25, -0.2) is 4.98 Å². The third-order valence-electron chi connectivity index (χ3n) is 4.85. The van der Waals surface area contributed by atoms with Gasteiger partial charge >= 0.3 is 0 Å². The van der Waals surface area contributed by atoms with Crippen LogP contribution in [0, 0.1) is 13.8 Å². The van der Waals surface area contributed by atoms with Crippen LogP contribution in [0.2, 0.25) is 0 Å². The number of rotatable bonds is 3. The van der Waals surface area contributed by atoms with E-state index in [0.29, 0.717) is 5.82 Å². The van der Waals surface area contributed by atoms with Crippen molar-refractivity contribution in [2.24, 2.45) is 0 Å². The highest BCUT2D eigenvalue weighted by molar-refractivity contribution is 7.17. The molecule has 0 bridgehead atoms. The fraction of sp³-hybridized carbons (Fsp3) is 0.444. The summed E-state index contributed by atoms with van der Waals surface area (Å²) in [6.45, 7) is 7.95. The summed E-state index contributed by atoms with van der Waals surface area (Å²) >= 11 is 1.53. The minimum Gasteiger partial charge on any atom is -0.492 e. The van der Waals surface area contributed by atoms with Gasteiger partial charge in [-0.15, -0.1) is 5.10 Å². The maximum Gasteiger partial charge on any atom is 0.230 e. The van der Waals surface area contributed by atoms with Gasteiger partial charge in [0.25, 0.3) is 0 Å². The maximum atomic E-state index is 10.8. The van der Waals surface area contributed by atoms with Gasteiger partial charge in [-0.1, -0.05) is 41.2 Å². The Morgan fingerprint density at radius 3 is 2.40 bits per heavy atom. The highest BCUT2D eigenvalue weighted by Gasteiger charge is 2.30. The fourth-order valence-electron chi connectivity index (χ4n) is 3.38. The normalized spacial score (nSPS) is 18.0. The van der Waals surface area contributed by atoms with Gasteiger partial charge in [-0.3, -0.25) is 4.90 Å². The zero-order valence-electron chi connectivity index (χ0n) is 14.8. The van der Waals surface area contributed by atoms with E-state index < -0.39 is 0 Å². The Kier molecular flexibility index (Phi) is 4.23. The van der Waals surface area contributed by atoms with Crippen molar-refractivity contribution in [3.63, 3.8) is 0 Å². The molecule has 1 saturated heterocycles. The molecule has 0 saturated carbocycles. The second kappa shape index (κ2) is 6.40. The van der Waals surface area contributed by atoms with Crippen molar-refractivity contribution in [2.45, 2.75) is 19.9 Å². The Morgan fingerprint density at radius 2 is 1.76 bits per heavy atom. The predicted molar refractivity (Wildman–Crippen MR) is 99.4 cm³/mol. The Morgan fingerprint density at radius 1 is 1.08 bits per heavy atom. The van der Waals surface area contributed by atoms with Gasteiger partial charge in [0.2, 0.25) is 10.8 Å². The average Bonchev–Trinajstić information content (AvgIpc) is 3.09. The number of likely N-dealkylation sites (N-methyl/N-ethyl adjacent to an activating group) is 1. The molecule has 1 N–H and O–H groups in total.